The molecule has 0 aromatic heterocycles. The summed E-state index contributed by atoms with van der Waals surface area (Å²) in [4.78, 5) is 44.6. The van der Waals surface area contributed by atoms with Crippen LogP contribution in [0.3, 0.4) is 0 Å². The zero-order valence-corrected chi connectivity index (χ0v) is 25.0. The van der Waals surface area contributed by atoms with Gasteiger partial charge < -0.3 is 24.6 Å². The van der Waals surface area contributed by atoms with Gasteiger partial charge in [0.25, 0.3) is 5.91 Å². The highest BCUT2D eigenvalue weighted by molar-refractivity contribution is 7.86. The Morgan fingerprint density at radius 3 is 2.28 bits per heavy atom. The lowest BCUT2D eigenvalue weighted by Gasteiger charge is -2.32. The molecular weight excluding hydrogens is 570 g/mol. The summed E-state index contributed by atoms with van der Waals surface area (Å²) in [6.07, 6.45) is 0.787. The van der Waals surface area contributed by atoms with Crippen LogP contribution in [-0.4, -0.2) is 89.1 Å². The standard InChI is InChI=1S/C31H33N5O6S/c1-34-15-17-36(18-16-34)20-27(37)35(2)24-12-10-23(11-13-24)32-29(21-7-5-4-6-8-21)28-25-14-9-22(19-26(25)33-30(28)38)31(39)42-43(3,40)41/h4-14,19,32H,15-18,20H2,1-3H3,(H,33,38)/b29-28-. The van der Waals surface area contributed by atoms with E-state index in [2.05, 4.69) is 31.7 Å². The van der Waals surface area contributed by atoms with Crippen LogP contribution in [0.15, 0.2) is 72.8 Å². The summed E-state index contributed by atoms with van der Waals surface area (Å²) >= 11 is 0. The van der Waals surface area contributed by atoms with Crippen LogP contribution >= 0.6 is 0 Å². The maximum atomic E-state index is 13.3. The molecule has 0 saturated carbocycles. The average Bonchev–Trinajstić information content (AvgIpc) is 3.31. The van der Waals surface area contributed by atoms with Crippen LogP contribution in [0.2, 0.25) is 0 Å². The van der Waals surface area contributed by atoms with Crippen LogP contribution in [0.4, 0.5) is 17.1 Å². The number of piperazine rings is 1. The minimum absolute atomic E-state index is 0.0105. The van der Waals surface area contributed by atoms with Crippen molar-refractivity contribution in [2.24, 2.45) is 0 Å². The van der Waals surface area contributed by atoms with Crippen molar-refractivity contribution in [1.82, 2.24) is 9.80 Å². The molecule has 11 nitrogen and oxygen atoms in total. The summed E-state index contributed by atoms with van der Waals surface area (Å²) in [6, 6.07) is 21.1. The van der Waals surface area contributed by atoms with Crippen LogP contribution in [0, 0.1) is 0 Å². The number of likely N-dealkylation sites (N-methyl/N-ethyl adjacent to an activating group) is 2. The van der Waals surface area contributed by atoms with E-state index in [1.54, 1.807) is 18.0 Å². The van der Waals surface area contributed by atoms with Crippen molar-refractivity contribution < 1.29 is 27.0 Å². The molecule has 0 aliphatic carbocycles. The van der Waals surface area contributed by atoms with E-state index in [0.29, 0.717) is 34.8 Å². The van der Waals surface area contributed by atoms with Crippen LogP contribution < -0.4 is 15.5 Å². The Balaban J connectivity index is 1.40. The molecule has 2 heterocycles. The zero-order chi connectivity index (χ0) is 30.7. The molecule has 2 aliphatic rings. The number of fused-ring (bicyclic) bond motifs is 1. The summed E-state index contributed by atoms with van der Waals surface area (Å²) in [5, 5.41) is 6.14. The first-order valence-electron chi connectivity index (χ1n) is 13.7. The average molecular weight is 604 g/mol. The van der Waals surface area contributed by atoms with Gasteiger partial charge in [-0.2, -0.15) is 8.42 Å². The number of anilines is 3. The number of carbonyl (C=O) groups excluding carboxylic acids is 3. The number of hydrogen-bond donors (Lipinski definition) is 2. The molecule has 0 spiro atoms. The van der Waals surface area contributed by atoms with E-state index in [9.17, 15) is 22.8 Å². The number of amides is 2. The summed E-state index contributed by atoms with van der Waals surface area (Å²) in [6.45, 7) is 3.96. The molecule has 3 aromatic carbocycles. The van der Waals surface area contributed by atoms with E-state index in [-0.39, 0.29) is 17.4 Å². The molecule has 0 radical (unpaired) electrons. The Hall–Kier alpha value is -4.52. The van der Waals surface area contributed by atoms with Gasteiger partial charge in [-0.05, 0) is 49.0 Å². The van der Waals surface area contributed by atoms with Gasteiger partial charge in [-0.25, -0.2) is 4.79 Å². The van der Waals surface area contributed by atoms with E-state index >= 15 is 0 Å². The van der Waals surface area contributed by atoms with Crippen molar-refractivity contribution in [3.63, 3.8) is 0 Å². The van der Waals surface area contributed by atoms with E-state index in [4.69, 9.17) is 0 Å². The first-order chi connectivity index (χ1) is 20.5. The van der Waals surface area contributed by atoms with Crippen LogP contribution in [0.5, 0.6) is 0 Å². The van der Waals surface area contributed by atoms with Crippen molar-refractivity contribution in [3.8, 4) is 0 Å². The fraction of sp³-hybridized carbons (Fsp3) is 0.258. The SMILES string of the molecule is CN1CCN(CC(=O)N(C)c2ccc(N/C(=C3\C(=O)Nc4cc(C(=O)OS(C)(=O)=O)ccc43)c3ccccc3)cc2)CC1. The van der Waals surface area contributed by atoms with E-state index in [0.717, 1.165) is 43.7 Å². The Morgan fingerprint density at radius 2 is 1.63 bits per heavy atom. The van der Waals surface area contributed by atoms with Crippen molar-refractivity contribution in [2.75, 3.05) is 68.6 Å². The Labute approximate surface area is 250 Å². The molecule has 2 aliphatic heterocycles. The topological polar surface area (TPSA) is 128 Å². The molecule has 0 unspecified atom stereocenters. The van der Waals surface area contributed by atoms with Crippen molar-refractivity contribution in [3.05, 3.63) is 89.5 Å². The molecule has 1 fully saturated rings. The number of nitrogens with one attached hydrogen (secondary N) is 2. The first kappa shape index (κ1) is 30.0. The molecule has 224 valence electrons. The van der Waals surface area contributed by atoms with Crippen LogP contribution in [0.25, 0.3) is 11.3 Å². The van der Waals surface area contributed by atoms with Gasteiger partial charge in [-0.15, -0.1) is 0 Å². The van der Waals surface area contributed by atoms with Crippen molar-refractivity contribution in [2.45, 2.75) is 0 Å². The van der Waals surface area contributed by atoms with Gasteiger partial charge in [0, 0.05) is 50.2 Å². The normalized spacial score (nSPS) is 16.7. The third-order valence-electron chi connectivity index (χ3n) is 7.39. The monoisotopic (exact) mass is 603 g/mol. The Kier molecular flexibility index (Phi) is 8.62. The lowest BCUT2D eigenvalue weighted by Crippen LogP contribution is -2.48. The summed E-state index contributed by atoms with van der Waals surface area (Å²) in [7, 11) is -0.154. The largest absolute Gasteiger partial charge is 0.354 e. The fourth-order valence-electron chi connectivity index (χ4n) is 4.98. The highest BCUT2D eigenvalue weighted by atomic mass is 32.2. The summed E-state index contributed by atoms with van der Waals surface area (Å²) in [5.74, 6) is -1.41. The van der Waals surface area contributed by atoms with Crippen molar-refractivity contribution in [1.29, 1.82) is 0 Å². The summed E-state index contributed by atoms with van der Waals surface area (Å²) in [5.41, 5.74) is 3.97. The maximum Gasteiger partial charge on any atom is 0.353 e. The third-order valence-corrected chi connectivity index (χ3v) is 7.85. The van der Waals surface area contributed by atoms with Crippen molar-refractivity contribution >= 4 is 56.2 Å². The van der Waals surface area contributed by atoms with E-state index in [1.165, 1.54) is 12.1 Å². The quantitative estimate of drug-likeness (QED) is 0.295. The molecule has 2 amide bonds. The fourth-order valence-corrected chi connectivity index (χ4v) is 5.35. The molecule has 0 atom stereocenters. The van der Waals surface area contributed by atoms with Gasteiger partial charge in [0.2, 0.25) is 5.91 Å². The molecule has 2 N–H and O–H groups in total. The number of nitrogens with zero attached hydrogens (tertiary/aromatic N) is 3. The lowest BCUT2D eigenvalue weighted by atomic mass is 9.99. The predicted octanol–water partition coefficient (Wildman–Crippen LogP) is 2.95. The zero-order valence-electron chi connectivity index (χ0n) is 24.2. The minimum Gasteiger partial charge on any atom is -0.354 e. The Bertz CT molecular complexity index is 1680. The predicted molar refractivity (Wildman–Crippen MR) is 166 cm³/mol. The highest BCUT2D eigenvalue weighted by Gasteiger charge is 2.30. The molecule has 12 heteroatoms. The number of benzene rings is 3. The minimum atomic E-state index is -3.99. The molecule has 3 aromatic rings. The third kappa shape index (κ3) is 7.11. The second-order valence-corrected chi connectivity index (χ2v) is 12.2. The van der Waals surface area contributed by atoms with E-state index < -0.39 is 16.1 Å². The molecule has 43 heavy (non-hydrogen) atoms. The lowest BCUT2D eigenvalue weighted by molar-refractivity contribution is -0.119. The highest BCUT2D eigenvalue weighted by Crippen LogP contribution is 2.38. The van der Waals surface area contributed by atoms with Crippen LogP contribution in [0.1, 0.15) is 21.5 Å². The molecule has 1 saturated heterocycles. The summed E-state index contributed by atoms with van der Waals surface area (Å²) < 4.78 is 27.3. The number of carbonyl (C=O) groups is 3. The van der Waals surface area contributed by atoms with Gasteiger partial charge in [0.15, 0.2) is 0 Å². The second-order valence-electron chi connectivity index (χ2n) is 10.6. The van der Waals surface area contributed by atoms with E-state index in [1.807, 2.05) is 54.6 Å². The van der Waals surface area contributed by atoms with Gasteiger partial charge in [0.05, 0.1) is 35.3 Å². The molecule has 0 bridgehead atoms. The van der Waals surface area contributed by atoms with Gasteiger partial charge >= 0.3 is 16.1 Å². The molecule has 5 rings (SSSR count). The maximum absolute atomic E-state index is 13.3. The molecular formula is C31H33N5O6S. The van der Waals surface area contributed by atoms with Gasteiger partial charge in [-0.1, -0.05) is 36.4 Å². The van der Waals surface area contributed by atoms with Gasteiger partial charge in [-0.3, -0.25) is 14.5 Å². The number of rotatable bonds is 8. The van der Waals surface area contributed by atoms with Crippen LogP contribution in [-0.2, 0) is 23.9 Å². The van der Waals surface area contributed by atoms with Gasteiger partial charge in [0.1, 0.15) is 0 Å². The first-order valence-corrected chi connectivity index (χ1v) is 15.5. The Morgan fingerprint density at radius 1 is 0.953 bits per heavy atom. The number of hydrogen-bond acceptors (Lipinski definition) is 9. The smallest absolute Gasteiger partial charge is 0.353 e. The second kappa shape index (κ2) is 12.4.